The van der Waals surface area contributed by atoms with Crippen molar-refractivity contribution in [2.75, 3.05) is 6.61 Å². The van der Waals surface area contributed by atoms with Crippen molar-refractivity contribution in [3.05, 3.63) is 12.2 Å². The van der Waals surface area contributed by atoms with Crippen LogP contribution in [-0.2, 0) is 0 Å². The number of aliphatic hydroxyl groups is 2. The predicted molar refractivity (Wildman–Crippen MR) is 69.6 cm³/mol. The van der Waals surface area contributed by atoms with Crippen LogP contribution in [0.25, 0.3) is 0 Å². The minimum Gasteiger partial charge on any atom is -0.396 e. The molecule has 2 aliphatic carbocycles. The van der Waals surface area contributed by atoms with Gasteiger partial charge < -0.3 is 10.2 Å². The molecule has 0 heterocycles. The van der Waals surface area contributed by atoms with Crippen LogP contribution in [0, 0.1) is 23.2 Å². The third kappa shape index (κ3) is 2.17. The number of hydrogen-bond donors (Lipinski definition) is 2. The SMILES string of the molecule is C=C(C)C1CCC2(C1)C(C)CC(O)CC2CO. The second kappa shape index (κ2) is 4.74. The van der Waals surface area contributed by atoms with Crippen molar-refractivity contribution in [1.29, 1.82) is 0 Å². The maximum atomic E-state index is 9.87. The summed E-state index contributed by atoms with van der Waals surface area (Å²) in [5.41, 5.74) is 1.55. The van der Waals surface area contributed by atoms with Crippen LogP contribution in [0.4, 0.5) is 0 Å². The lowest BCUT2D eigenvalue weighted by Crippen LogP contribution is -2.44. The molecule has 0 aliphatic heterocycles. The van der Waals surface area contributed by atoms with Crippen LogP contribution in [-0.4, -0.2) is 22.9 Å². The summed E-state index contributed by atoms with van der Waals surface area (Å²) in [4.78, 5) is 0. The molecule has 0 bridgehead atoms. The molecule has 2 rings (SSSR count). The van der Waals surface area contributed by atoms with Crippen LogP contribution in [0.1, 0.15) is 46.0 Å². The minimum atomic E-state index is -0.211. The molecule has 5 atom stereocenters. The van der Waals surface area contributed by atoms with E-state index in [4.69, 9.17) is 0 Å². The van der Waals surface area contributed by atoms with E-state index in [1.165, 1.54) is 24.8 Å². The van der Waals surface area contributed by atoms with Gasteiger partial charge >= 0.3 is 0 Å². The van der Waals surface area contributed by atoms with Gasteiger partial charge in [0.15, 0.2) is 0 Å². The number of aliphatic hydroxyl groups excluding tert-OH is 2. The van der Waals surface area contributed by atoms with Gasteiger partial charge in [0.1, 0.15) is 0 Å². The Hall–Kier alpha value is -0.340. The van der Waals surface area contributed by atoms with Crippen molar-refractivity contribution < 1.29 is 10.2 Å². The van der Waals surface area contributed by atoms with Crippen molar-refractivity contribution >= 4 is 0 Å². The first-order valence-corrected chi connectivity index (χ1v) is 6.94. The van der Waals surface area contributed by atoms with Crippen molar-refractivity contribution in [2.24, 2.45) is 23.2 Å². The summed E-state index contributed by atoms with van der Waals surface area (Å²) in [5, 5.41) is 19.5. The van der Waals surface area contributed by atoms with Gasteiger partial charge in [0.05, 0.1) is 6.10 Å². The van der Waals surface area contributed by atoms with Crippen molar-refractivity contribution in [3.63, 3.8) is 0 Å². The Morgan fingerprint density at radius 2 is 2.12 bits per heavy atom. The molecule has 2 fully saturated rings. The van der Waals surface area contributed by atoms with Crippen LogP contribution in [0.3, 0.4) is 0 Å². The molecule has 1 spiro atoms. The predicted octanol–water partition coefficient (Wildman–Crippen LogP) is 2.75. The molecule has 2 N–H and O–H groups in total. The van der Waals surface area contributed by atoms with Gasteiger partial charge in [-0.3, -0.25) is 0 Å². The molecule has 0 aromatic heterocycles. The van der Waals surface area contributed by atoms with Crippen molar-refractivity contribution in [3.8, 4) is 0 Å². The fourth-order valence-corrected chi connectivity index (χ4v) is 4.31. The number of allylic oxidation sites excluding steroid dienone is 1. The van der Waals surface area contributed by atoms with Crippen molar-refractivity contribution in [2.45, 2.75) is 52.1 Å². The fourth-order valence-electron chi connectivity index (χ4n) is 4.31. The summed E-state index contributed by atoms with van der Waals surface area (Å²) in [5.74, 6) is 1.43. The maximum absolute atomic E-state index is 9.87. The summed E-state index contributed by atoms with van der Waals surface area (Å²) in [6.07, 6.45) is 5.05. The van der Waals surface area contributed by atoms with Gasteiger partial charge in [0, 0.05) is 6.61 Å². The first kappa shape index (κ1) is 13.1. The molecule has 2 nitrogen and oxygen atoms in total. The smallest absolute Gasteiger partial charge is 0.0546 e. The van der Waals surface area contributed by atoms with Crippen LogP contribution < -0.4 is 0 Å². The van der Waals surface area contributed by atoms with Gasteiger partial charge in [-0.1, -0.05) is 19.1 Å². The van der Waals surface area contributed by atoms with Gasteiger partial charge in [-0.05, 0) is 62.2 Å². The molecule has 0 radical (unpaired) electrons. The molecule has 5 unspecified atom stereocenters. The standard InChI is InChI=1S/C15H26O2/c1-10(2)12-4-5-15(8-12)11(3)6-14(17)7-13(15)9-16/h11-14,16-17H,1,4-9H2,2-3H3. The zero-order valence-corrected chi connectivity index (χ0v) is 11.2. The molecule has 2 aliphatic rings. The van der Waals surface area contributed by atoms with E-state index in [0.29, 0.717) is 11.8 Å². The molecule has 98 valence electrons. The van der Waals surface area contributed by atoms with Crippen LogP contribution in [0.2, 0.25) is 0 Å². The van der Waals surface area contributed by atoms with Gasteiger partial charge in [0.25, 0.3) is 0 Å². The first-order valence-electron chi connectivity index (χ1n) is 6.94. The van der Waals surface area contributed by atoms with E-state index < -0.39 is 0 Å². The van der Waals surface area contributed by atoms with Crippen LogP contribution >= 0.6 is 0 Å². The van der Waals surface area contributed by atoms with E-state index in [0.717, 1.165) is 12.8 Å². The monoisotopic (exact) mass is 238 g/mol. The van der Waals surface area contributed by atoms with E-state index in [-0.39, 0.29) is 24.0 Å². The largest absolute Gasteiger partial charge is 0.396 e. The van der Waals surface area contributed by atoms with Crippen molar-refractivity contribution in [1.82, 2.24) is 0 Å². The van der Waals surface area contributed by atoms with Crippen LogP contribution in [0.5, 0.6) is 0 Å². The summed E-state index contributed by atoms with van der Waals surface area (Å²) in [6.45, 7) is 8.70. The highest BCUT2D eigenvalue weighted by atomic mass is 16.3. The first-order chi connectivity index (χ1) is 7.99. The van der Waals surface area contributed by atoms with E-state index in [1.54, 1.807) is 0 Å². The van der Waals surface area contributed by atoms with E-state index in [9.17, 15) is 10.2 Å². The molecule has 17 heavy (non-hydrogen) atoms. The Bertz CT molecular complexity index is 299. The second-order valence-corrected chi connectivity index (χ2v) is 6.43. The third-order valence-electron chi connectivity index (χ3n) is 5.48. The Balaban J connectivity index is 2.19. The Kier molecular flexibility index (Phi) is 3.65. The molecule has 0 amide bonds. The molecular weight excluding hydrogens is 212 g/mol. The molecular formula is C15H26O2. The average Bonchev–Trinajstić information content (AvgIpc) is 2.70. The topological polar surface area (TPSA) is 40.5 Å². The molecule has 0 saturated heterocycles. The molecule has 2 heteroatoms. The molecule has 0 aromatic carbocycles. The second-order valence-electron chi connectivity index (χ2n) is 6.43. The Labute approximate surface area is 105 Å². The van der Waals surface area contributed by atoms with Crippen LogP contribution in [0.15, 0.2) is 12.2 Å². The van der Waals surface area contributed by atoms with E-state index in [2.05, 4.69) is 20.4 Å². The van der Waals surface area contributed by atoms with Gasteiger partial charge in [-0.25, -0.2) is 0 Å². The summed E-state index contributed by atoms with van der Waals surface area (Å²) in [6, 6.07) is 0. The lowest BCUT2D eigenvalue weighted by molar-refractivity contribution is -0.0552. The van der Waals surface area contributed by atoms with Gasteiger partial charge in [-0.15, -0.1) is 0 Å². The highest BCUT2D eigenvalue weighted by Crippen LogP contribution is 2.58. The lowest BCUT2D eigenvalue weighted by Gasteiger charge is -2.48. The summed E-state index contributed by atoms with van der Waals surface area (Å²) >= 11 is 0. The maximum Gasteiger partial charge on any atom is 0.0546 e. The molecule has 2 saturated carbocycles. The summed E-state index contributed by atoms with van der Waals surface area (Å²) < 4.78 is 0. The van der Waals surface area contributed by atoms with Gasteiger partial charge in [0.2, 0.25) is 0 Å². The third-order valence-corrected chi connectivity index (χ3v) is 5.48. The zero-order valence-electron chi connectivity index (χ0n) is 11.2. The quantitative estimate of drug-likeness (QED) is 0.726. The normalized spacial score (nSPS) is 46.4. The van der Waals surface area contributed by atoms with Gasteiger partial charge in [-0.2, -0.15) is 0 Å². The lowest BCUT2D eigenvalue weighted by atomic mass is 9.58. The highest BCUT2D eigenvalue weighted by molar-refractivity contribution is 5.08. The Morgan fingerprint density at radius 3 is 2.65 bits per heavy atom. The summed E-state index contributed by atoms with van der Waals surface area (Å²) in [7, 11) is 0. The number of hydrogen-bond acceptors (Lipinski definition) is 2. The molecule has 0 aromatic rings. The highest BCUT2D eigenvalue weighted by Gasteiger charge is 2.51. The number of rotatable bonds is 2. The van der Waals surface area contributed by atoms with E-state index >= 15 is 0 Å². The van der Waals surface area contributed by atoms with E-state index in [1.807, 2.05) is 0 Å². The minimum absolute atomic E-state index is 0.211. The zero-order chi connectivity index (χ0) is 12.6. The Morgan fingerprint density at radius 1 is 1.41 bits per heavy atom. The average molecular weight is 238 g/mol. The fraction of sp³-hybridized carbons (Fsp3) is 0.867.